The second-order valence-electron chi connectivity index (χ2n) is 7.14. The summed E-state index contributed by atoms with van der Waals surface area (Å²) in [5.41, 5.74) is 1.81. The maximum absolute atomic E-state index is 12.1. The fourth-order valence-electron chi connectivity index (χ4n) is 3.47. The largest absolute Gasteiger partial charge is 0.508 e. The van der Waals surface area contributed by atoms with Gasteiger partial charge in [-0.05, 0) is 67.3 Å². The lowest BCUT2D eigenvalue weighted by Crippen LogP contribution is -2.31. The third-order valence-corrected chi connectivity index (χ3v) is 5.11. The molecule has 0 aromatic heterocycles. The molecule has 0 radical (unpaired) electrons. The van der Waals surface area contributed by atoms with E-state index in [-0.39, 0.29) is 11.7 Å². The number of amides is 1. The molecule has 2 aromatic carbocycles. The maximum Gasteiger partial charge on any atom is 0.251 e. The summed E-state index contributed by atoms with van der Waals surface area (Å²) in [7, 11) is 0. The van der Waals surface area contributed by atoms with E-state index >= 15 is 0 Å². The Kier molecular flexibility index (Phi) is 6.67. The third kappa shape index (κ3) is 5.60. The topological polar surface area (TPSA) is 58.6 Å². The van der Waals surface area contributed by atoms with E-state index in [1.165, 1.54) is 17.7 Å². The van der Waals surface area contributed by atoms with Gasteiger partial charge in [0.15, 0.2) is 0 Å². The van der Waals surface area contributed by atoms with Gasteiger partial charge in [0.05, 0.1) is 6.61 Å². The average molecular weight is 353 g/mol. The first-order chi connectivity index (χ1) is 12.7. The summed E-state index contributed by atoms with van der Waals surface area (Å²) in [6.45, 7) is 2.22. The fourth-order valence-corrected chi connectivity index (χ4v) is 3.47. The Balaban J connectivity index is 1.32. The molecule has 0 spiro atoms. The number of rotatable bonds is 7. The summed E-state index contributed by atoms with van der Waals surface area (Å²) < 4.78 is 5.87. The molecule has 1 saturated carbocycles. The van der Waals surface area contributed by atoms with Gasteiger partial charge in [-0.15, -0.1) is 0 Å². The van der Waals surface area contributed by atoms with Crippen molar-refractivity contribution in [3.8, 4) is 5.75 Å². The number of phenols is 1. The van der Waals surface area contributed by atoms with E-state index in [4.69, 9.17) is 4.74 Å². The highest BCUT2D eigenvalue weighted by molar-refractivity contribution is 5.94. The average Bonchev–Trinajstić information content (AvgIpc) is 2.68. The second-order valence-corrected chi connectivity index (χ2v) is 7.14. The molecule has 2 N–H and O–H groups in total. The first kappa shape index (κ1) is 18.5. The summed E-state index contributed by atoms with van der Waals surface area (Å²) in [5, 5.41) is 12.3. The number of aromatic hydroxyl groups is 1. The minimum Gasteiger partial charge on any atom is -0.508 e. The number of carbonyl (C=O) groups is 1. The molecule has 1 amide bonds. The molecule has 0 saturated heterocycles. The summed E-state index contributed by atoms with van der Waals surface area (Å²) >= 11 is 0. The van der Waals surface area contributed by atoms with Gasteiger partial charge in [-0.1, -0.05) is 30.3 Å². The first-order valence-electron chi connectivity index (χ1n) is 9.39. The van der Waals surface area contributed by atoms with Crippen molar-refractivity contribution in [1.82, 2.24) is 5.32 Å². The Morgan fingerprint density at radius 3 is 2.31 bits per heavy atom. The van der Waals surface area contributed by atoms with Crippen LogP contribution in [-0.4, -0.2) is 24.2 Å². The standard InChI is InChI=1S/C22H27NO3/c24-21-12-10-20(11-13-21)22(25)23-14-17-6-8-19(9-7-17)16-26-15-18-4-2-1-3-5-18/h1-5,10-13,17,19,24H,6-9,14-16H2,(H,23,25). The summed E-state index contributed by atoms with van der Waals surface area (Å²) in [6.07, 6.45) is 4.59. The third-order valence-electron chi connectivity index (χ3n) is 5.11. The Labute approximate surface area is 155 Å². The van der Waals surface area contributed by atoms with Crippen molar-refractivity contribution >= 4 is 5.91 Å². The second kappa shape index (κ2) is 9.39. The van der Waals surface area contributed by atoms with Crippen LogP contribution in [0.1, 0.15) is 41.6 Å². The molecule has 1 fully saturated rings. The van der Waals surface area contributed by atoms with Crippen LogP contribution in [-0.2, 0) is 11.3 Å². The van der Waals surface area contributed by atoms with E-state index in [0.29, 0.717) is 24.0 Å². The lowest BCUT2D eigenvalue weighted by Gasteiger charge is -2.28. The van der Waals surface area contributed by atoms with Crippen molar-refractivity contribution in [3.05, 3.63) is 65.7 Å². The monoisotopic (exact) mass is 353 g/mol. The smallest absolute Gasteiger partial charge is 0.251 e. The maximum atomic E-state index is 12.1. The number of nitrogens with one attached hydrogen (secondary N) is 1. The van der Waals surface area contributed by atoms with Gasteiger partial charge in [0, 0.05) is 18.7 Å². The molecule has 0 aliphatic heterocycles. The van der Waals surface area contributed by atoms with Gasteiger partial charge in [0.2, 0.25) is 0 Å². The number of benzene rings is 2. The zero-order chi connectivity index (χ0) is 18.2. The van der Waals surface area contributed by atoms with Crippen LogP contribution in [0.4, 0.5) is 0 Å². The Hall–Kier alpha value is -2.33. The molecule has 1 aliphatic carbocycles. The number of hydrogen-bond donors (Lipinski definition) is 2. The number of carbonyl (C=O) groups excluding carboxylic acids is 1. The lowest BCUT2D eigenvalue weighted by atomic mass is 9.82. The molecule has 0 atom stereocenters. The zero-order valence-corrected chi connectivity index (χ0v) is 15.1. The van der Waals surface area contributed by atoms with E-state index in [9.17, 15) is 9.90 Å². The molecule has 0 unspecified atom stereocenters. The molecule has 0 bridgehead atoms. The van der Waals surface area contributed by atoms with Crippen molar-refractivity contribution in [2.45, 2.75) is 32.3 Å². The SMILES string of the molecule is O=C(NCC1CCC(COCc2ccccc2)CC1)c1ccc(O)cc1. The van der Waals surface area contributed by atoms with Gasteiger partial charge in [0.1, 0.15) is 5.75 Å². The van der Waals surface area contributed by atoms with Crippen LogP contribution in [0.2, 0.25) is 0 Å². The molecule has 4 heteroatoms. The zero-order valence-electron chi connectivity index (χ0n) is 15.1. The lowest BCUT2D eigenvalue weighted by molar-refractivity contribution is 0.0664. The minimum absolute atomic E-state index is 0.0710. The predicted octanol–water partition coefficient (Wildman–Crippen LogP) is 4.15. The first-order valence-corrected chi connectivity index (χ1v) is 9.39. The van der Waals surface area contributed by atoms with Gasteiger partial charge >= 0.3 is 0 Å². The molecular formula is C22H27NO3. The molecule has 1 aliphatic rings. The van der Waals surface area contributed by atoms with Gasteiger partial charge < -0.3 is 15.2 Å². The highest BCUT2D eigenvalue weighted by Crippen LogP contribution is 2.28. The van der Waals surface area contributed by atoms with Crippen LogP contribution in [0, 0.1) is 11.8 Å². The molecule has 0 heterocycles. The number of hydrogen-bond acceptors (Lipinski definition) is 3. The fraction of sp³-hybridized carbons (Fsp3) is 0.409. The van der Waals surface area contributed by atoms with Gasteiger partial charge in [0.25, 0.3) is 5.91 Å². The van der Waals surface area contributed by atoms with E-state index in [1.54, 1.807) is 12.1 Å². The van der Waals surface area contributed by atoms with Crippen molar-refractivity contribution in [2.75, 3.05) is 13.2 Å². The Morgan fingerprint density at radius 1 is 0.962 bits per heavy atom. The van der Waals surface area contributed by atoms with Crippen LogP contribution in [0.5, 0.6) is 5.75 Å². The predicted molar refractivity (Wildman–Crippen MR) is 102 cm³/mol. The van der Waals surface area contributed by atoms with Crippen LogP contribution < -0.4 is 5.32 Å². The van der Waals surface area contributed by atoms with E-state index in [1.807, 2.05) is 18.2 Å². The van der Waals surface area contributed by atoms with Crippen LogP contribution >= 0.6 is 0 Å². The van der Waals surface area contributed by atoms with Crippen molar-refractivity contribution in [1.29, 1.82) is 0 Å². The van der Waals surface area contributed by atoms with E-state index in [0.717, 1.165) is 38.8 Å². The normalized spacial score (nSPS) is 19.8. The summed E-state index contributed by atoms with van der Waals surface area (Å²) in [4.78, 5) is 12.1. The highest BCUT2D eigenvalue weighted by atomic mass is 16.5. The minimum atomic E-state index is -0.0710. The van der Waals surface area contributed by atoms with Crippen molar-refractivity contribution in [3.63, 3.8) is 0 Å². The van der Waals surface area contributed by atoms with E-state index in [2.05, 4.69) is 17.4 Å². The van der Waals surface area contributed by atoms with Crippen molar-refractivity contribution < 1.29 is 14.6 Å². The van der Waals surface area contributed by atoms with Crippen molar-refractivity contribution in [2.24, 2.45) is 11.8 Å². The van der Waals surface area contributed by atoms with Gasteiger partial charge in [-0.3, -0.25) is 4.79 Å². The molecule has 2 aromatic rings. The highest BCUT2D eigenvalue weighted by Gasteiger charge is 2.21. The Bertz CT molecular complexity index is 676. The summed E-state index contributed by atoms with van der Waals surface area (Å²) in [5.74, 6) is 1.27. The van der Waals surface area contributed by atoms with Crippen LogP contribution in [0.25, 0.3) is 0 Å². The molecule has 138 valence electrons. The number of ether oxygens (including phenoxy) is 1. The summed E-state index contributed by atoms with van der Waals surface area (Å²) in [6, 6.07) is 16.6. The van der Waals surface area contributed by atoms with Crippen LogP contribution in [0.3, 0.4) is 0 Å². The molecule has 4 nitrogen and oxygen atoms in total. The van der Waals surface area contributed by atoms with Gasteiger partial charge in [-0.25, -0.2) is 0 Å². The molecular weight excluding hydrogens is 326 g/mol. The molecule has 26 heavy (non-hydrogen) atoms. The molecule has 3 rings (SSSR count). The van der Waals surface area contributed by atoms with E-state index < -0.39 is 0 Å². The van der Waals surface area contributed by atoms with Crippen LogP contribution in [0.15, 0.2) is 54.6 Å². The van der Waals surface area contributed by atoms with Gasteiger partial charge in [-0.2, -0.15) is 0 Å². The quantitative estimate of drug-likeness (QED) is 0.786. The Morgan fingerprint density at radius 2 is 1.62 bits per heavy atom. The number of phenolic OH excluding ortho intramolecular Hbond substituents is 1.